The van der Waals surface area contributed by atoms with E-state index in [0.717, 1.165) is 25.9 Å². The number of ketones is 1. The highest BCUT2D eigenvalue weighted by Gasteiger charge is 2.29. The van der Waals surface area contributed by atoms with Gasteiger partial charge in [0.25, 0.3) is 0 Å². The summed E-state index contributed by atoms with van der Waals surface area (Å²) in [6, 6.07) is 0.204. The van der Waals surface area contributed by atoms with Crippen LogP contribution in [0.4, 0.5) is 0 Å². The van der Waals surface area contributed by atoms with Crippen molar-refractivity contribution in [3.63, 3.8) is 0 Å². The second-order valence-corrected chi connectivity index (χ2v) is 3.80. The summed E-state index contributed by atoms with van der Waals surface area (Å²) in [5, 5.41) is 3.67. The van der Waals surface area contributed by atoms with E-state index in [1.165, 1.54) is 6.92 Å². The molecule has 0 saturated carbocycles. The van der Waals surface area contributed by atoms with Gasteiger partial charge in [-0.2, -0.15) is 4.98 Å². The van der Waals surface area contributed by atoms with Crippen LogP contribution in [0.1, 0.15) is 49.2 Å². The van der Waals surface area contributed by atoms with Gasteiger partial charge < -0.3 is 4.52 Å². The highest BCUT2D eigenvalue weighted by Crippen LogP contribution is 2.30. The minimum absolute atomic E-state index is 0.147. The number of aromatic nitrogens is 2. The van der Waals surface area contributed by atoms with Gasteiger partial charge in [-0.3, -0.25) is 9.69 Å². The van der Waals surface area contributed by atoms with Crippen LogP contribution in [0.5, 0.6) is 0 Å². The summed E-state index contributed by atoms with van der Waals surface area (Å²) in [5.74, 6) is 0.624. The highest BCUT2D eigenvalue weighted by molar-refractivity contribution is 5.89. The van der Waals surface area contributed by atoms with Crippen molar-refractivity contribution in [2.24, 2.45) is 0 Å². The molecule has 0 bridgehead atoms. The van der Waals surface area contributed by atoms with E-state index in [1.54, 1.807) is 0 Å². The number of likely N-dealkylation sites (tertiary alicyclic amines) is 1. The lowest BCUT2D eigenvalue weighted by atomic mass is 10.2. The van der Waals surface area contributed by atoms with E-state index in [-0.39, 0.29) is 17.6 Å². The van der Waals surface area contributed by atoms with Crippen molar-refractivity contribution in [3.8, 4) is 0 Å². The number of hydrogen-bond acceptors (Lipinski definition) is 5. The van der Waals surface area contributed by atoms with E-state index in [0.29, 0.717) is 5.89 Å². The fourth-order valence-electron chi connectivity index (χ4n) is 2.00. The highest BCUT2D eigenvalue weighted by atomic mass is 16.5. The molecule has 1 aliphatic heterocycles. The summed E-state index contributed by atoms with van der Waals surface area (Å²) in [7, 11) is 0. The molecule has 5 nitrogen and oxygen atoms in total. The first-order chi connectivity index (χ1) is 7.22. The van der Waals surface area contributed by atoms with Gasteiger partial charge in [-0.1, -0.05) is 12.1 Å². The topological polar surface area (TPSA) is 59.2 Å². The average molecular weight is 209 g/mol. The Bertz CT molecular complexity index is 361. The molecule has 0 N–H and O–H groups in total. The van der Waals surface area contributed by atoms with Crippen molar-refractivity contribution in [3.05, 3.63) is 11.7 Å². The second-order valence-electron chi connectivity index (χ2n) is 3.80. The fourth-order valence-corrected chi connectivity index (χ4v) is 2.00. The number of rotatable bonds is 3. The first kappa shape index (κ1) is 10.3. The molecule has 1 aliphatic rings. The molecule has 0 spiro atoms. The third-order valence-electron chi connectivity index (χ3n) is 2.81. The van der Waals surface area contributed by atoms with Gasteiger partial charge >= 0.3 is 0 Å². The molecule has 0 amide bonds. The monoisotopic (exact) mass is 209 g/mol. The summed E-state index contributed by atoms with van der Waals surface area (Å²) < 4.78 is 5.12. The lowest BCUT2D eigenvalue weighted by molar-refractivity contribution is 0.100. The SMILES string of the molecule is CCN1CCCC1c1nc(C(C)=O)no1. The molecule has 5 heteroatoms. The van der Waals surface area contributed by atoms with Crippen LogP contribution in [-0.4, -0.2) is 33.9 Å². The zero-order valence-electron chi connectivity index (χ0n) is 9.06. The Kier molecular flexibility index (Phi) is 2.81. The number of nitrogens with zero attached hydrogens (tertiary/aromatic N) is 3. The average Bonchev–Trinajstić information content (AvgIpc) is 2.85. The molecule has 1 aromatic heterocycles. The number of Topliss-reactive ketones (excluding diaryl/α,β-unsaturated/α-hetero) is 1. The molecule has 1 atom stereocenters. The predicted molar refractivity (Wildman–Crippen MR) is 53.5 cm³/mol. The maximum atomic E-state index is 11.0. The molecule has 1 aromatic rings. The summed E-state index contributed by atoms with van der Waals surface area (Å²) in [6.07, 6.45) is 2.18. The Balaban J connectivity index is 2.18. The van der Waals surface area contributed by atoms with Crippen LogP contribution in [0.15, 0.2) is 4.52 Å². The predicted octanol–water partition coefficient (Wildman–Crippen LogP) is 1.43. The molecule has 2 heterocycles. The Hall–Kier alpha value is -1.23. The largest absolute Gasteiger partial charge is 0.337 e. The second kappa shape index (κ2) is 4.10. The van der Waals surface area contributed by atoms with Gasteiger partial charge in [0.1, 0.15) is 0 Å². The van der Waals surface area contributed by atoms with Crippen molar-refractivity contribution in [1.82, 2.24) is 15.0 Å². The van der Waals surface area contributed by atoms with E-state index in [4.69, 9.17) is 4.52 Å². The van der Waals surface area contributed by atoms with Gasteiger partial charge in [0.2, 0.25) is 17.5 Å². The normalized spacial score (nSPS) is 22.1. The lowest BCUT2D eigenvalue weighted by Crippen LogP contribution is -2.22. The first-order valence-corrected chi connectivity index (χ1v) is 5.31. The number of carbonyl (C=O) groups is 1. The molecular formula is C10H15N3O2. The summed E-state index contributed by atoms with van der Waals surface area (Å²) in [6.45, 7) is 5.60. The van der Waals surface area contributed by atoms with E-state index in [2.05, 4.69) is 22.0 Å². The Morgan fingerprint density at radius 2 is 2.47 bits per heavy atom. The third-order valence-corrected chi connectivity index (χ3v) is 2.81. The maximum absolute atomic E-state index is 11.0. The smallest absolute Gasteiger partial charge is 0.244 e. The van der Waals surface area contributed by atoms with Gasteiger partial charge in [-0.15, -0.1) is 0 Å². The van der Waals surface area contributed by atoms with Crippen LogP contribution in [-0.2, 0) is 0 Å². The van der Waals surface area contributed by atoms with Gasteiger partial charge in [0.05, 0.1) is 6.04 Å². The summed E-state index contributed by atoms with van der Waals surface area (Å²) in [4.78, 5) is 17.4. The van der Waals surface area contributed by atoms with Crippen molar-refractivity contribution in [2.75, 3.05) is 13.1 Å². The van der Waals surface area contributed by atoms with E-state index >= 15 is 0 Å². The summed E-state index contributed by atoms with van der Waals surface area (Å²) in [5.41, 5.74) is 0. The molecule has 82 valence electrons. The van der Waals surface area contributed by atoms with Gasteiger partial charge in [0.15, 0.2) is 0 Å². The third kappa shape index (κ3) is 1.92. The number of hydrogen-bond donors (Lipinski definition) is 0. The molecule has 2 rings (SSSR count). The quantitative estimate of drug-likeness (QED) is 0.705. The molecular weight excluding hydrogens is 194 g/mol. The molecule has 1 fully saturated rings. The lowest BCUT2D eigenvalue weighted by Gasteiger charge is -2.18. The Morgan fingerprint density at radius 1 is 1.67 bits per heavy atom. The zero-order chi connectivity index (χ0) is 10.8. The van der Waals surface area contributed by atoms with Crippen LogP contribution >= 0.6 is 0 Å². The Morgan fingerprint density at radius 3 is 3.07 bits per heavy atom. The Labute approximate surface area is 88.5 Å². The fraction of sp³-hybridized carbons (Fsp3) is 0.700. The van der Waals surface area contributed by atoms with Crippen molar-refractivity contribution in [2.45, 2.75) is 32.7 Å². The van der Waals surface area contributed by atoms with Gasteiger partial charge in [-0.25, -0.2) is 0 Å². The van der Waals surface area contributed by atoms with Crippen LogP contribution in [0, 0.1) is 0 Å². The maximum Gasteiger partial charge on any atom is 0.244 e. The molecule has 1 unspecified atom stereocenters. The van der Waals surface area contributed by atoms with Crippen LogP contribution < -0.4 is 0 Å². The van der Waals surface area contributed by atoms with Crippen molar-refractivity contribution >= 4 is 5.78 Å². The first-order valence-electron chi connectivity index (χ1n) is 5.31. The van der Waals surface area contributed by atoms with Gasteiger partial charge in [-0.05, 0) is 25.9 Å². The van der Waals surface area contributed by atoms with E-state index in [9.17, 15) is 4.79 Å². The minimum Gasteiger partial charge on any atom is -0.337 e. The molecule has 0 radical (unpaired) electrons. The van der Waals surface area contributed by atoms with E-state index in [1.807, 2.05) is 0 Å². The zero-order valence-corrected chi connectivity index (χ0v) is 9.06. The van der Waals surface area contributed by atoms with Crippen molar-refractivity contribution < 1.29 is 9.32 Å². The number of carbonyl (C=O) groups excluding carboxylic acids is 1. The van der Waals surface area contributed by atoms with E-state index < -0.39 is 0 Å². The molecule has 0 aromatic carbocycles. The minimum atomic E-state index is -0.147. The van der Waals surface area contributed by atoms with Crippen LogP contribution in [0.25, 0.3) is 0 Å². The molecule has 1 saturated heterocycles. The van der Waals surface area contributed by atoms with Crippen LogP contribution in [0.3, 0.4) is 0 Å². The van der Waals surface area contributed by atoms with Gasteiger partial charge in [0, 0.05) is 6.92 Å². The van der Waals surface area contributed by atoms with Crippen LogP contribution in [0.2, 0.25) is 0 Å². The summed E-state index contributed by atoms with van der Waals surface area (Å²) >= 11 is 0. The molecule has 0 aliphatic carbocycles. The standard InChI is InChI=1S/C10H15N3O2/c1-3-13-6-4-5-8(13)10-11-9(7(2)14)12-15-10/h8H,3-6H2,1-2H3. The molecule has 15 heavy (non-hydrogen) atoms. The van der Waals surface area contributed by atoms with Crippen molar-refractivity contribution in [1.29, 1.82) is 0 Å².